The largest absolute Gasteiger partial charge is 0.468 e. The maximum Gasteiger partial charge on any atom is 0.408 e. The van der Waals surface area contributed by atoms with Crippen molar-refractivity contribution in [2.24, 2.45) is 5.41 Å². The van der Waals surface area contributed by atoms with Crippen LogP contribution in [0.5, 0.6) is 0 Å². The quantitative estimate of drug-likeness (QED) is 0.628. The van der Waals surface area contributed by atoms with E-state index in [4.69, 9.17) is 9.47 Å². The van der Waals surface area contributed by atoms with Gasteiger partial charge >= 0.3 is 12.1 Å². The van der Waals surface area contributed by atoms with E-state index >= 15 is 0 Å². The molecule has 0 saturated heterocycles. The molecule has 1 amide bonds. The molecule has 6 nitrogen and oxygen atoms in total. The smallest absolute Gasteiger partial charge is 0.408 e. The van der Waals surface area contributed by atoms with Gasteiger partial charge in [0.2, 0.25) is 0 Å². The minimum absolute atomic E-state index is 0.129. The average Bonchev–Trinajstić information content (AvgIpc) is 2.98. The third kappa shape index (κ3) is 3.88. The molecule has 0 aliphatic heterocycles. The van der Waals surface area contributed by atoms with Crippen LogP contribution in [0, 0.1) is 5.41 Å². The molecule has 2 aromatic carbocycles. The van der Waals surface area contributed by atoms with Gasteiger partial charge in [0.25, 0.3) is 0 Å². The number of alkyl carbamates (subject to hydrolysis) is 1. The lowest BCUT2D eigenvalue weighted by molar-refractivity contribution is -0.151. The fourth-order valence-corrected chi connectivity index (χ4v) is 3.78. The third-order valence-electron chi connectivity index (χ3n) is 4.97. The van der Waals surface area contributed by atoms with E-state index in [1.54, 1.807) is 57.2 Å². The van der Waals surface area contributed by atoms with Gasteiger partial charge in [0.05, 0.1) is 13.2 Å². The number of rotatable bonds is 4. The summed E-state index contributed by atoms with van der Waals surface area (Å²) in [5.74, 6) is -1.06. The van der Waals surface area contributed by atoms with E-state index < -0.39 is 29.1 Å². The summed E-state index contributed by atoms with van der Waals surface area (Å²) in [4.78, 5) is 39.2. The minimum Gasteiger partial charge on any atom is -0.468 e. The zero-order valence-electron chi connectivity index (χ0n) is 17.0. The number of carbonyl (C=O) groups is 3. The fraction of sp³-hybridized carbons (Fsp3) is 0.348. The first kappa shape index (κ1) is 20.6. The van der Waals surface area contributed by atoms with Crippen molar-refractivity contribution >= 4 is 17.8 Å². The van der Waals surface area contributed by atoms with Crippen molar-refractivity contribution < 1.29 is 23.9 Å². The highest BCUT2D eigenvalue weighted by Gasteiger charge is 2.58. The second kappa shape index (κ2) is 7.70. The second-order valence-electron chi connectivity index (χ2n) is 8.12. The zero-order valence-corrected chi connectivity index (χ0v) is 17.0. The summed E-state index contributed by atoms with van der Waals surface area (Å²) >= 11 is 0. The van der Waals surface area contributed by atoms with Gasteiger partial charge in [-0.1, -0.05) is 54.6 Å². The van der Waals surface area contributed by atoms with E-state index in [0.717, 1.165) is 5.56 Å². The Morgan fingerprint density at radius 1 is 1.03 bits per heavy atom. The number of hydrogen-bond acceptors (Lipinski definition) is 5. The Hall–Kier alpha value is -3.15. The zero-order chi connectivity index (χ0) is 21.2. The Labute approximate surface area is 170 Å². The summed E-state index contributed by atoms with van der Waals surface area (Å²) in [7, 11) is 1.25. The first-order chi connectivity index (χ1) is 13.7. The Morgan fingerprint density at radius 3 is 2.24 bits per heavy atom. The molecule has 0 unspecified atom stereocenters. The number of ether oxygens (including phenoxy) is 2. The number of ketones is 1. The van der Waals surface area contributed by atoms with Gasteiger partial charge in [-0.2, -0.15) is 0 Å². The molecule has 0 radical (unpaired) electrons. The number of methoxy groups -OCH3 is 1. The van der Waals surface area contributed by atoms with Gasteiger partial charge < -0.3 is 14.8 Å². The van der Waals surface area contributed by atoms with Gasteiger partial charge in [-0.3, -0.25) is 9.59 Å². The van der Waals surface area contributed by atoms with Gasteiger partial charge in [-0.15, -0.1) is 0 Å². The maximum atomic E-state index is 13.5. The van der Waals surface area contributed by atoms with Crippen LogP contribution in [0.1, 0.15) is 48.3 Å². The fourth-order valence-electron chi connectivity index (χ4n) is 3.78. The first-order valence-electron chi connectivity index (χ1n) is 9.44. The Balaban J connectivity index is 2.12. The Morgan fingerprint density at radius 2 is 1.66 bits per heavy atom. The lowest BCUT2D eigenvalue weighted by Gasteiger charge is -2.35. The molecule has 0 spiro atoms. The van der Waals surface area contributed by atoms with Gasteiger partial charge in [0.15, 0.2) is 11.2 Å². The molecule has 1 aliphatic carbocycles. The number of fused-ring (bicyclic) bond motifs is 1. The van der Waals surface area contributed by atoms with E-state index in [1.165, 1.54) is 7.11 Å². The van der Waals surface area contributed by atoms with Crippen LogP contribution in [0.4, 0.5) is 4.79 Å². The van der Waals surface area contributed by atoms with E-state index in [9.17, 15) is 14.4 Å². The molecule has 6 heteroatoms. The molecule has 0 heterocycles. The molecular weight excluding hydrogens is 370 g/mol. The number of nitrogens with one attached hydrogen (secondary N) is 1. The molecular formula is C23H25NO5. The Bertz CT molecular complexity index is 932. The summed E-state index contributed by atoms with van der Waals surface area (Å²) in [5.41, 5.74) is -0.520. The van der Waals surface area contributed by atoms with Crippen molar-refractivity contribution in [3.63, 3.8) is 0 Å². The average molecular weight is 395 g/mol. The molecule has 0 fully saturated rings. The van der Waals surface area contributed by atoms with Crippen LogP contribution < -0.4 is 5.32 Å². The number of esters is 1. The molecule has 29 heavy (non-hydrogen) atoms. The standard InChI is InChI=1S/C23H25NO5/c1-22(2,3)29-21(27)24-18(15-10-6-5-7-11-15)23(20(26)28-4)14-16-12-8-9-13-17(16)19(23)25/h5-13,18H,14H2,1-4H3,(H,24,27)/t18-,23-/m1/s1. The van der Waals surface area contributed by atoms with Crippen molar-refractivity contribution in [3.05, 3.63) is 71.3 Å². The number of carbonyl (C=O) groups excluding carboxylic acids is 3. The van der Waals surface area contributed by atoms with Gasteiger partial charge in [0.1, 0.15) is 5.60 Å². The molecule has 0 bridgehead atoms. The molecule has 1 aliphatic rings. The molecule has 2 atom stereocenters. The van der Waals surface area contributed by atoms with Gasteiger partial charge in [-0.25, -0.2) is 4.79 Å². The molecule has 152 valence electrons. The van der Waals surface area contributed by atoms with Crippen LogP contribution in [0.2, 0.25) is 0 Å². The van der Waals surface area contributed by atoms with Crippen LogP contribution in [-0.2, 0) is 20.7 Å². The predicted molar refractivity (Wildman–Crippen MR) is 107 cm³/mol. The van der Waals surface area contributed by atoms with Crippen LogP contribution in [0.3, 0.4) is 0 Å². The SMILES string of the molecule is COC(=O)[C@@]1([C@H](NC(=O)OC(C)(C)C)c2ccccc2)Cc2ccccc2C1=O. The molecule has 2 aromatic rings. The number of hydrogen-bond donors (Lipinski definition) is 1. The highest BCUT2D eigenvalue weighted by molar-refractivity contribution is 6.17. The molecule has 3 rings (SSSR count). The number of amides is 1. The first-order valence-corrected chi connectivity index (χ1v) is 9.44. The minimum atomic E-state index is -1.61. The topological polar surface area (TPSA) is 81.7 Å². The summed E-state index contributed by atoms with van der Waals surface area (Å²) in [6, 6.07) is 15.1. The number of Topliss-reactive ketones (excluding diaryl/α,β-unsaturated/α-hetero) is 1. The monoisotopic (exact) mass is 395 g/mol. The summed E-state index contributed by atoms with van der Waals surface area (Å²) in [6.07, 6.45) is -0.581. The third-order valence-corrected chi connectivity index (χ3v) is 4.97. The molecule has 1 N–H and O–H groups in total. The summed E-state index contributed by atoms with van der Waals surface area (Å²) < 4.78 is 10.5. The van der Waals surface area contributed by atoms with Crippen LogP contribution in [0.15, 0.2) is 54.6 Å². The van der Waals surface area contributed by atoms with Gasteiger partial charge in [0, 0.05) is 5.56 Å². The van der Waals surface area contributed by atoms with Crippen molar-refractivity contribution in [3.8, 4) is 0 Å². The van der Waals surface area contributed by atoms with Crippen LogP contribution >= 0.6 is 0 Å². The highest BCUT2D eigenvalue weighted by Crippen LogP contribution is 2.47. The number of benzene rings is 2. The van der Waals surface area contributed by atoms with Crippen LogP contribution in [0.25, 0.3) is 0 Å². The Kier molecular flexibility index (Phi) is 5.46. The van der Waals surface area contributed by atoms with E-state index in [1.807, 2.05) is 18.2 Å². The molecule has 0 saturated carbocycles. The van der Waals surface area contributed by atoms with Crippen molar-refractivity contribution in [1.29, 1.82) is 0 Å². The molecule has 0 aromatic heterocycles. The maximum absolute atomic E-state index is 13.5. The second-order valence-corrected chi connectivity index (χ2v) is 8.12. The van der Waals surface area contributed by atoms with E-state index in [2.05, 4.69) is 5.32 Å². The lowest BCUT2D eigenvalue weighted by Crippen LogP contribution is -2.51. The van der Waals surface area contributed by atoms with E-state index in [0.29, 0.717) is 11.1 Å². The predicted octanol–water partition coefficient (Wildman–Crippen LogP) is 3.85. The summed E-state index contributed by atoms with van der Waals surface area (Å²) in [6.45, 7) is 5.24. The lowest BCUT2D eigenvalue weighted by atomic mass is 9.73. The normalized spacial score (nSPS) is 19.2. The van der Waals surface area contributed by atoms with Gasteiger partial charge in [-0.05, 0) is 38.3 Å². The van der Waals surface area contributed by atoms with Crippen molar-refractivity contribution in [2.75, 3.05) is 7.11 Å². The highest BCUT2D eigenvalue weighted by atomic mass is 16.6. The van der Waals surface area contributed by atoms with Crippen LogP contribution in [-0.4, -0.2) is 30.6 Å². The van der Waals surface area contributed by atoms with Crippen molar-refractivity contribution in [1.82, 2.24) is 5.32 Å². The van der Waals surface area contributed by atoms with Crippen molar-refractivity contribution in [2.45, 2.75) is 38.8 Å². The summed E-state index contributed by atoms with van der Waals surface area (Å²) in [5, 5.41) is 2.77. The van der Waals surface area contributed by atoms with E-state index in [-0.39, 0.29) is 12.2 Å².